The summed E-state index contributed by atoms with van der Waals surface area (Å²) >= 11 is 0. The smallest absolute Gasteiger partial charge is 0.271 e. The Labute approximate surface area is 166 Å². The predicted octanol–water partition coefficient (Wildman–Crippen LogP) is 3.14. The summed E-state index contributed by atoms with van der Waals surface area (Å²) < 4.78 is 12.3. The number of hydrogen-bond acceptors (Lipinski definition) is 7. The molecule has 0 atom stereocenters. The minimum Gasteiger partial charge on any atom is -0.467 e. The van der Waals surface area contributed by atoms with Gasteiger partial charge in [0.05, 0.1) is 18.4 Å². The van der Waals surface area contributed by atoms with Crippen LogP contribution < -0.4 is 5.32 Å². The molecule has 148 valence electrons. The van der Waals surface area contributed by atoms with Crippen molar-refractivity contribution in [3.8, 4) is 17.3 Å². The highest BCUT2D eigenvalue weighted by Gasteiger charge is 2.23. The highest BCUT2D eigenvalue weighted by Crippen LogP contribution is 2.27. The highest BCUT2D eigenvalue weighted by molar-refractivity contribution is 5.92. The van der Waals surface area contributed by atoms with Gasteiger partial charge in [-0.05, 0) is 24.3 Å². The second-order valence-electron chi connectivity index (χ2n) is 7.48. The summed E-state index contributed by atoms with van der Waals surface area (Å²) in [4.78, 5) is 25.4. The molecule has 4 aromatic rings. The molecule has 0 aliphatic carbocycles. The van der Waals surface area contributed by atoms with Crippen molar-refractivity contribution in [2.75, 3.05) is 0 Å². The summed E-state index contributed by atoms with van der Waals surface area (Å²) in [6.45, 7) is 6.31. The Bertz CT molecular complexity index is 1120. The first kappa shape index (κ1) is 18.6. The first-order chi connectivity index (χ1) is 13.9. The van der Waals surface area contributed by atoms with Gasteiger partial charge < -0.3 is 14.3 Å². The Kier molecular flexibility index (Phi) is 4.71. The van der Waals surface area contributed by atoms with Gasteiger partial charge in [-0.15, -0.1) is 0 Å². The fourth-order valence-electron chi connectivity index (χ4n) is 2.63. The molecule has 0 aliphatic heterocycles. The van der Waals surface area contributed by atoms with Crippen LogP contribution in [0, 0.1) is 0 Å². The number of carbonyl (C=O) groups is 1. The number of hydrogen-bond donors (Lipinski definition) is 1. The van der Waals surface area contributed by atoms with Gasteiger partial charge in [-0.3, -0.25) is 9.36 Å². The SMILES string of the molecule is CC(C)(C)c1noc(-c2cccnc2-n2cnc(C(=O)NCc3ccco3)c2)n1. The maximum Gasteiger partial charge on any atom is 0.271 e. The third-order valence-electron chi connectivity index (χ3n) is 4.18. The zero-order valence-electron chi connectivity index (χ0n) is 16.3. The molecule has 9 nitrogen and oxygen atoms in total. The summed E-state index contributed by atoms with van der Waals surface area (Å²) in [7, 11) is 0. The Balaban J connectivity index is 1.58. The van der Waals surface area contributed by atoms with Crippen LogP contribution in [0.3, 0.4) is 0 Å². The molecular weight excluding hydrogens is 372 g/mol. The summed E-state index contributed by atoms with van der Waals surface area (Å²) in [6, 6.07) is 7.17. The molecular formula is C20H20N6O3. The third kappa shape index (κ3) is 3.93. The second kappa shape index (κ2) is 7.34. The van der Waals surface area contributed by atoms with Crippen molar-refractivity contribution in [1.29, 1.82) is 0 Å². The van der Waals surface area contributed by atoms with E-state index in [0.29, 0.717) is 28.9 Å². The van der Waals surface area contributed by atoms with E-state index in [1.807, 2.05) is 26.8 Å². The van der Waals surface area contributed by atoms with Crippen molar-refractivity contribution < 1.29 is 13.7 Å². The van der Waals surface area contributed by atoms with Gasteiger partial charge in [-0.1, -0.05) is 25.9 Å². The maximum atomic E-state index is 12.4. The molecule has 0 fully saturated rings. The standard InChI is InChI=1S/C20H20N6O3/c1-20(2,3)19-24-18(29-25-19)14-7-4-8-21-16(14)26-11-15(23-12-26)17(27)22-10-13-6-5-9-28-13/h4-9,11-12H,10H2,1-3H3,(H,22,27). The van der Waals surface area contributed by atoms with Gasteiger partial charge in [-0.25, -0.2) is 9.97 Å². The van der Waals surface area contributed by atoms with Crippen LogP contribution in [-0.2, 0) is 12.0 Å². The van der Waals surface area contributed by atoms with E-state index in [0.717, 1.165) is 0 Å². The normalized spacial score (nSPS) is 11.6. The van der Waals surface area contributed by atoms with Gasteiger partial charge in [0.25, 0.3) is 11.8 Å². The first-order valence-electron chi connectivity index (χ1n) is 9.06. The number of carbonyl (C=O) groups excluding carboxylic acids is 1. The van der Waals surface area contributed by atoms with Crippen LogP contribution in [0.2, 0.25) is 0 Å². The molecule has 1 N–H and O–H groups in total. The Morgan fingerprint density at radius 3 is 2.79 bits per heavy atom. The van der Waals surface area contributed by atoms with Crippen LogP contribution in [0.25, 0.3) is 17.3 Å². The molecule has 9 heteroatoms. The number of rotatable bonds is 5. The quantitative estimate of drug-likeness (QED) is 0.555. The molecule has 0 spiro atoms. The number of nitrogens with zero attached hydrogens (tertiary/aromatic N) is 5. The van der Waals surface area contributed by atoms with Gasteiger partial charge in [-0.2, -0.15) is 4.98 Å². The largest absolute Gasteiger partial charge is 0.467 e. The van der Waals surface area contributed by atoms with Crippen molar-refractivity contribution in [1.82, 2.24) is 30.0 Å². The molecule has 0 saturated heterocycles. The average Bonchev–Trinajstić information content (AvgIpc) is 3.47. The zero-order chi connectivity index (χ0) is 20.4. The molecule has 4 heterocycles. The summed E-state index contributed by atoms with van der Waals surface area (Å²) in [6.07, 6.45) is 6.33. The number of amides is 1. The van der Waals surface area contributed by atoms with E-state index in [2.05, 4.69) is 25.4 Å². The van der Waals surface area contributed by atoms with E-state index in [-0.39, 0.29) is 23.6 Å². The van der Waals surface area contributed by atoms with Crippen molar-refractivity contribution in [2.24, 2.45) is 0 Å². The van der Waals surface area contributed by atoms with Crippen molar-refractivity contribution in [3.63, 3.8) is 0 Å². The van der Waals surface area contributed by atoms with Crippen molar-refractivity contribution >= 4 is 5.91 Å². The fraction of sp³-hybridized carbons (Fsp3) is 0.250. The third-order valence-corrected chi connectivity index (χ3v) is 4.18. The number of imidazole rings is 1. The summed E-state index contributed by atoms with van der Waals surface area (Å²) in [5.74, 6) is 1.84. The summed E-state index contributed by atoms with van der Waals surface area (Å²) in [5, 5.41) is 6.83. The summed E-state index contributed by atoms with van der Waals surface area (Å²) in [5.41, 5.74) is 0.669. The molecule has 0 radical (unpaired) electrons. The number of aromatic nitrogens is 5. The molecule has 0 aromatic carbocycles. The van der Waals surface area contributed by atoms with Crippen LogP contribution in [0.4, 0.5) is 0 Å². The molecule has 0 bridgehead atoms. The molecule has 4 aromatic heterocycles. The second-order valence-corrected chi connectivity index (χ2v) is 7.48. The van der Waals surface area contributed by atoms with Crippen molar-refractivity contribution in [2.45, 2.75) is 32.7 Å². The van der Waals surface area contributed by atoms with Gasteiger partial charge in [0.1, 0.15) is 17.8 Å². The van der Waals surface area contributed by atoms with E-state index in [4.69, 9.17) is 8.94 Å². The first-order valence-corrected chi connectivity index (χ1v) is 9.06. The minimum atomic E-state index is -0.314. The van der Waals surface area contributed by atoms with Gasteiger partial charge in [0.2, 0.25) is 0 Å². The topological polar surface area (TPSA) is 112 Å². The van der Waals surface area contributed by atoms with Crippen LogP contribution in [-0.4, -0.2) is 30.6 Å². The van der Waals surface area contributed by atoms with Crippen LogP contribution in [0.15, 0.2) is 58.2 Å². The van der Waals surface area contributed by atoms with E-state index >= 15 is 0 Å². The molecule has 29 heavy (non-hydrogen) atoms. The maximum absolute atomic E-state index is 12.4. The van der Waals surface area contributed by atoms with E-state index in [9.17, 15) is 4.79 Å². The zero-order valence-corrected chi connectivity index (χ0v) is 16.3. The lowest BCUT2D eigenvalue weighted by atomic mass is 9.96. The molecule has 1 amide bonds. The Hall–Kier alpha value is -3.75. The lowest BCUT2D eigenvalue weighted by molar-refractivity contribution is 0.0943. The lowest BCUT2D eigenvalue weighted by Crippen LogP contribution is -2.22. The molecule has 0 saturated carbocycles. The highest BCUT2D eigenvalue weighted by atomic mass is 16.5. The number of nitrogens with one attached hydrogen (secondary N) is 1. The fourth-order valence-corrected chi connectivity index (χ4v) is 2.63. The van der Waals surface area contributed by atoms with Crippen LogP contribution in [0.1, 0.15) is 42.8 Å². The van der Waals surface area contributed by atoms with Gasteiger partial charge >= 0.3 is 0 Å². The van der Waals surface area contributed by atoms with E-state index < -0.39 is 0 Å². The van der Waals surface area contributed by atoms with E-state index in [1.54, 1.807) is 41.4 Å². The monoisotopic (exact) mass is 392 g/mol. The average molecular weight is 392 g/mol. The Morgan fingerprint density at radius 2 is 2.07 bits per heavy atom. The Morgan fingerprint density at radius 1 is 1.21 bits per heavy atom. The molecule has 0 unspecified atom stereocenters. The van der Waals surface area contributed by atoms with Crippen LogP contribution in [0.5, 0.6) is 0 Å². The van der Waals surface area contributed by atoms with Gasteiger partial charge in [0, 0.05) is 17.8 Å². The molecule has 4 rings (SSSR count). The lowest BCUT2D eigenvalue weighted by Gasteiger charge is -2.11. The van der Waals surface area contributed by atoms with Crippen LogP contribution >= 0.6 is 0 Å². The predicted molar refractivity (Wildman–Crippen MR) is 103 cm³/mol. The minimum absolute atomic E-state index is 0.238. The van der Waals surface area contributed by atoms with E-state index in [1.165, 1.54) is 6.33 Å². The number of pyridine rings is 1. The van der Waals surface area contributed by atoms with Crippen molar-refractivity contribution in [3.05, 3.63) is 66.5 Å². The van der Waals surface area contributed by atoms with Gasteiger partial charge in [0.15, 0.2) is 11.6 Å². The number of furan rings is 1. The molecule has 0 aliphatic rings.